The van der Waals surface area contributed by atoms with E-state index in [0.717, 1.165) is 11.8 Å². The van der Waals surface area contributed by atoms with Gasteiger partial charge in [-0.1, -0.05) is 46.0 Å². The molecule has 3 atom stereocenters. The molecular weight excluding hydrogens is 182 g/mol. The highest BCUT2D eigenvalue weighted by Gasteiger charge is 2.26. The minimum atomic E-state index is 0.509. The molecule has 0 bridgehead atoms. The first-order chi connectivity index (χ1) is 7.27. The van der Waals surface area contributed by atoms with E-state index in [1.807, 2.05) is 0 Å². The number of hydrogen-bond donors (Lipinski definition) is 1. The molecular formula is C14H29N. The molecule has 1 saturated carbocycles. The third-order valence-corrected chi connectivity index (χ3v) is 4.04. The standard InChI is InChI=1S/C14H29N/c1-3-5-7-12-9-10-14(15)13(11-12)8-6-4-2/h12-14H,3-11,15H2,1-2H3. The fourth-order valence-electron chi connectivity index (χ4n) is 2.94. The predicted octanol–water partition coefficient (Wildman–Crippen LogP) is 4.11. The van der Waals surface area contributed by atoms with Crippen molar-refractivity contribution in [2.45, 2.75) is 77.7 Å². The normalized spacial score (nSPS) is 31.8. The molecule has 0 aliphatic heterocycles. The molecule has 1 fully saturated rings. The summed E-state index contributed by atoms with van der Waals surface area (Å²) < 4.78 is 0. The van der Waals surface area contributed by atoms with Crippen LogP contribution in [0.15, 0.2) is 0 Å². The Morgan fingerprint density at radius 2 is 1.67 bits per heavy atom. The monoisotopic (exact) mass is 211 g/mol. The Bertz CT molecular complexity index is 153. The highest BCUT2D eigenvalue weighted by atomic mass is 14.7. The molecule has 1 nitrogen and oxygen atoms in total. The molecule has 0 aromatic carbocycles. The van der Waals surface area contributed by atoms with Gasteiger partial charge in [0.05, 0.1) is 0 Å². The summed E-state index contributed by atoms with van der Waals surface area (Å²) in [6.07, 6.45) is 12.4. The third kappa shape index (κ3) is 4.55. The molecule has 2 N–H and O–H groups in total. The Hall–Kier alpha value is -0.0400. The minimum Gasteiger partial charge on any atom is -0.327 e. The fourth-order valence-corrected chi connectivity index (χ4v) is 2.94. The molecule has 3 unspecified atom stereocenters. The van der Waals surface area contributed by atoms with Crippen LogP contribution in [-0.2, 0) is 0 Å². The van der Waals surface area contributed by atoms with Crippen LogP contribution in [0.4, 0.5) is 0 Å². The van der Waals surface area contributed by atoms with Crippen LogP contribution in [0.25, 0.3) is 0 Å². The smallest absolute Gasteiger partial charge is 0.00673 e. The summed E-state index contributed by atoms with van der Waals surface area (Å²) in [6.45, 7) is 4.58. The van der Waals surface area contributed by atoms with Gasteiger partial charge in [0.15, 0.2) is 0 Å². The zero-order valence-corrected chi connectivity index (χ0v) is 10.7. The van der Waals surface area contributed by atoms with Crippen molar-refractivity contribution in [1.29, 1.82) is 0 Å². The molecule has 0 radical (unpaired) electrons. The quantitative estimate of drug-likeness (QED) is 0.703. The fraction of sp³-hybridized carbons (Fsp3) is 1.00. The van der Waals surface area contributed by atoms with Crippen molar-refractivity contribution >= 4 is 0 Å². The number of unbranched alkanes of at least 4 members (excludes halogenated alkanes) is 2. The second-order valence-electron chi connectivity index (χ2n) is 5.39. The maximum atomic E-state index is 6.21. The van der Waals surface area contributed by atoms with E-state index in [-0.39, 0.29) is 0 Å². The van der Waals surface area contributed by atoms with Crippen LogP contribution in [0.1, 0.15) is 71.6 Å². The molecule has 0 aromatic heterocycles. The van der Waals surface area contributed by atoms with E-state index in [1.165, 1.54) is 57.8 Å². The van der Waals surface area contributed by atoms with Crippen molar-refractivity contribution in [2.75, 3.05) is 0 Å². The third-order valence-electron chi connectivity index (χ3n) is 4.04. The van der Waals surface area contributed by atoms with Gasteiger partial charge in [-0.2, -0.15) is 0 Å². The summed E-state index contributed by atoms with van der Waals surface area (Å²) in [5, 5.41) is 0. The van der Waals surface area contributed by atoms with E-state index in [4.69, 9.17) is 5.73 Å². The van der Waals surface area contributed by atoms with Gasteiger partial charge in [0, 0.05) is 6.04 Å². The molecule has 15 heavy (non-hydrogen) atoms. The largest absolute Gasteiger partial charge is 0.327 e. The Kier molecular flexibility index (Phi) is 6.31. The minimum absolute atomic E-state index is 0.509. The zero-order chi connectivity index (χ0) is 11.1. The molecule has 0 heterocycles. The van der Waals surface area contributed by atoms with Crippen LogP contribution in [0.3, 0.4) is 0 Å². The molecule has 1 heteroatoms. The van der Waals surface area contributed by atoms with Gasteiger partial charge in [-0.15, -0.1) is 0 Å². The predicted molar refractivity (Wildman–Crippen MR) is 67.9 cm³/mol. The van der Waals surface area contributed by atoms with Gasteiger partial charge in [-0.05, 0) is 37.5 Å². The zero-order valence-electron chi connectivity index (χ0n) is 10.7. The summed E-state index contributed by atoms with van der Waals surface area (Å²) in [4.78, 5) is 0. The van der Waals surface area contributed by atoms with E-state index in [9.17, 15) is 0 Å². The molecule has 0 saturated heterocycles. The second-order valence-corrected chi connectivity index (χ2v) is 5.39. The Labute approximate surface area is 95.8 Å². The van der Waals surface area contributed by atoms with Crippen molar-refractivity contribution in [3.63, 3.8) is 0 Å². The van der Waals surface area contributed by atoms with Crippen molar-refractivity contribution < 1.29 is 0 Å². The molecule has 0 amide bonds. The van der Waals surface area contributed by atoms with Gasteiger partial charge >= 0.3 is 0 Å². The summed E-state index contributed by atoms with van der Waals surface area (Å²) >= 11 is 0. The first-order valence-electron chi connectivity index (χ1n) is 7.03. The van der Waals surface area contributed by atoms with Crippen LogP contribution >= 0.6 is 0 Å². The van der Waals surface area contributed by atoms with Gasteiger partial charge in [0.2, 0.25) is 0 Å². The van der Waals surface area contributed by atoms with E-state index < -0.39 is 0 Å². The lowest BCUT2D eigenvalue weighted by Crippen LogP contribution is -2.36. The number of hydrogen-bond acceptors (Lipinski definition) is 1. The first-order valence-corrected chi connectivity index (χ1v) is 7.03. The summed E-state index contributed by atoms with van der Waals surface area (Å²) in [6, 6.07) is 0.509. The topological polar surface area (TPSA) is 26.0 Å². The molecule has 0 aromatic rings. The average Bonchev–Trinajstić information content (AvgIpc) is 2.26. The van der Waals surface area contributed by atoms with Crippen LogP contribution in [0.2, 0.25) is 0 Å². The van der Waals surface area contributed by atoms with Gasteiger partial charge in [-0.3, -0.25) is 0 Å². The van der Waals surface area contributed by atoms with Crippen LogP contribution < -0.4 is 5.73 Å². The highest BCUT2D eigenvalue weighted by Crippen LogP contribution is 2.34. The van der Waals surface area contributed by atoms with Crippen LogP contribution in [0, 0.1) is 11.8 Å². The Morgan fingerprint density at radius 1 is 1.00 bits per heavy atom. The van der Waals surface area contributed by atoms with Crippen molar-refractivity contribution in [3.8, 4) is 0 Å². The lowest BCUT2D eigenvalue weighted by molar-refractivity contribution is 0.207. The average molecular weight is 211 g/mol. The van der Waals surface area contributed by atoms with Gasteiger partial charge < -0.3 is 5.73 Å². The molecule has 1 aliphatic carbocycles. The summed E-state index contributed by atoms with van der Waals surface area (Å²) in [7, 11) is 0. The van der Waals surface area contributed by atoms with Gasteiger partial charge in [0.25, 0.3) is 0 Å². The number of nitrogens with two attached hydrogens (primary N) is 1. The lowest BCUT2D eigenvalue weighted by Gasteiger charge is -2.34. The van der Waals surface area contributed by atoms with E-state index >= 15 is 0 Å². The first kappa shape index (κ1) is 13.0. The SMILES string of the molecule is CCCCC1CCC(N)C(CCCC)C1. The van der Waals surface area contributed by atoms with Crippen LogP contribution in [-0.4, -0.2) is 6.04 Å². The van der Waals surface area contributed by atoms with Crippen molar-refractivity contribution in [1.82, 2.24) is 0 Å². The maximum Gasteiger partial charge on any atom is 0.00673 e. The maximum absolute atomic E-state index is 6.21. The van der Waals surface area contributed by atoms with E-state index in [1.54, 1.807) is 0 Å². The van der Waals surface area contributed by atoms with Crippen molar-refractivity contribution in [3.05, 3.63) is 0 Å². The highest BCUT2D eigenvalue weighted by molar-refractivity contribution is 4.82. The molecule has 1 rings (SSSR count). The second kappa shape index (κ2) is 7.27. The van der Waals surface area contributed by atoms with E-state index in [2.05, 4.69) is 13.8 Å². The Morgan fingerprint density at radius 3 is 2.33 bits per heavy atom. The summed E-state index contributed by atoms with van der Waals surface area (Å²) in [5.74, 6) is 1.83. The molecule has 90 valence electrons. The van der Waals surface area contributed by atoms with E-state index in [0.29, 0.717) is 6.04 Å². The molecule has 0 spiro atoms. The molecule has 1 aliphatic rings. The van der Waals surface area contributed by atoms with Gasteiger partial charge in [-0.25, -0.2) is 0 Å². The van der Waals surface area contributed by atoms with Crippen molar-refractivity contribution in [2.24, 2.45) is 17.6 Å². The van der Waals surface area contributed by atoms with Gasteiger partial charge in [0.1, 0.15) is 0 Å². The summed E-state index contributed by atoms with van der Waals surface area (Å²) in [5.41, 5.74) is 6.21. The number of rotatable bonds is 6. The lowest BCUT2D eigenvalue weighted by atomic mass is 9.74. The van der Waals surface area contributed by atoms with Crippen LogP contribution in [0.5, 0.6) is 0 Å². The Balaban J connectivity index is 2.27.